The zero-order valence-electron chi connectivity index (χ0n) is 9.18. The maximum Gasteiger partial charge on any atom is 0.323 e. The predicted octanol–water partition coefficient (Wildman–Crippen LogP) is 1.57. The molecule has 0 fully saturated rings. The van der Waals surface area contributed by atoms with Crippen LogP contribution in [0.5, 0.6) is 0 Å². The largest absolute Gasteiger partial charge is 0.480 e. The van der Waals surface area contributed by atoms with Gasteiger partial charge in [0, 0.05) is 13.7 Å². The van der Waals surface area contributed by atoms with Crippen LogP contribution in [0.25, 0.3) is 0 Å². The minimum absolute atomic E-state index is 0.233. The second kappa shape index (κ2) is 6.58. The Labute approximate surface area is 108 Å². The van der Waals surface area contributed by atoms with Crippen LogP contribution in [0, 0.1) is 0 Å². The summed E-state index contributed by atoms with van der Waals surface area (Å²) < 4.78 is 5.33. The number of hydrogen-bond donors (Lipinski definition) is 1. The highest BCUT2D eigenvalue weighted by atomic mass is 35.5. The Hall–Kier alpha value is -1.11. The summed E-state index contributed by atoms with van der Waals surface area (Å²) in [6.45, 7) is 0.174. The van der Waals surface area contributed by atoms with Crippen LogP contribution in [0.3, 0.4) is 0 Å². The summed E-state index contributed by atoms with van der Waals surface area (Å²) in [4.78, 5) is 24.3. The van der Waals surface area contributed by atoms with E-state index in [4.69, 9.17) is 21.4 Å². The molecule has 0 spiro atoms. The van der Waals surface area contributed by atoms with Crippen LogP contribution in [-0.2, 0) is 9.53 Å². The first-order valence-corrected chi connectivity index (χ1v) is 5.99. The third-order valence-corrected chi connectivity index (χ3v) is 3.18. The molecule has 0 unspecified atom stereocenters. The van der Waals surface area contributed by atoms with Gasteiger partial charge in [-0.3, -0.25) is 9.59 Å². The monoisotopic (exact) mass is 277 g/mol. The third-order valence-electron chi connectivity index (χ3n) is 1.96. The smallest absolute Gasteiger partial charge is 0.323 e. The van der Waals surface area contributed by atoms with Crippen LogP contribution in [0.1, 0.15) is 9.67 Å². The van der Waals surface area contributed by atoms with E-state index in [1.165, 1.54) is 12.0 Å². The van der Waals surface area contributed by atoms with Crippen LogP contribution in [-0.4, -0.2) is 48.7 Å². The molecule has 1 N–H and O–H groups in total. The van der Waals surface area contributed by atoms with Gasteiger partial charge in [0.1, 0.15) is 6.54 Å². The molecule has 5 nitrogen and oxygen atoms in total. The number of amides is 1. The third kappa shape index (κ3) is 4.33. The number of carbonyl (C=O) groups excluding carboxylic acids is 1. The Bertz CT molecular complexity index is 407. The lowest BCUT2D eigenvalue weighted by Crippen LogP contribution is -2.37. The summed E-state index contributed by atoms with van der Waals surface area (Å²) in [5.74, 6) is -1.40. The molecule has 94 valence electrons. The van der Waals surface area contributed by atoms with Crippen molar-refractivity contribution in [3.8, 4) is 0 Å². The fourth-order valence-corrected chi connectivity index (χ4v) is 2.21. The minimum Gasteiger partial charge on any atom is -0.480 e. The van der Waals surface area contributed by atoms with Crippen molar-refractivity contribution in [2.75, 3.05) is 26.8 Å². The van der Waals surface area contributed by atoms with Gasteiger partial charge in [-0.15, -0.1) is 11.3 Å². The van der Waals surface area contributed by atoms with Crippen LogP contribution in [0.2, 0.25) is 4.34 Å². The molecule has 0 aliphatic carbocycles. The van der Waals surface area contributed by atoms with E-state index in [9.17, 15) is 9.59 Å². The van der Waals surface area contributed by atoms with E-state index in [0.717, 1.165) is 11.3 Å². The molecular formula is C10H12ClNO4S. The van der Waals surface area contributed by atoms with E-state index < -0.39 is 5.97 Å². The number of ether oxygens (including phenoxy) is 1. The molecule has 0 aromatic carbocycles. The van der Waals surface area contributed by atoms with Crippen LogP contribution >= 0.6 is 22.9 Å². The van der Waals surface area contributed by atoms with Gasteiger partial charge in [-0.05, 0) is 12.1 Å². The summed E-state index contributed by atoms with van der Waals surface area (Å²) in [6, 6.07) is 3.19. The molecule has 1 amide bonds. The molecule has 1 aromatic heterocycles. The van der Waals surface area contributed by atoms with Crippen LogP contribution < -0.4 is 0 Å². The molecule has 0 saturated carbocycles. The van der Waals surface area contributed by atoms with E-state index in [1.54, 1.807) is 12.1 Å². The van der Waals surface area contributed by atoms with Gasteiger partial charge in [0.25, 0.3) is 5.91 Å². The summed E-state index contributed by atoms with van der Waals surface area (Å²) >= 11 is 6.85. The minimum atomic E-state index is -1.06. The SMILES string of the molecule is COCCN(CC(=O)O)C(=O)c1ccc(Cl)s1. The quantitative estimate of drug-likeness (QED) is 0.857. The number of methoxy groups -OCH3 is 1. The Balaban J connectivity index is 2.74. The van der Waals surface area contributed by atoms with Crippen LogP contribution in [0.15, 0.2) is 12.1 Å². The summed E-state index contributed by atoms with van der Waals surface area (Å²) in [5.41, 5.74) is 0. The normalized spacial score (nSPS) is 10.2. The van der Waals surface area contributed by atoms with Crippen molar-refractivity contribution in [1.82, 2.24) is 4.90 Å². The molecule has 17 heavy (non-hydrogen) atoms. The van der Waals surface area contributed by atoms with Gasteiger partial charge in [-0.25, -0.2) is 0 Å². The van der Waals surface area contributed by atoms with E-state index in [2.05, 4.69) is 0 Å². The summed E-state index contributed by atoms with van der Waals surface area (Å²) in [7, 11) is 1.49. The second-order valence-electron chi connectivity index (χ2n) is 3.22. The standard InChI is InChI=1S/C10H12ClNO4S/c1-16-5-4-12(6-9(13)14)10(15)7-2-3-8(11)17-7/h2-3H,4-6H2,1H3,(H,13,14). The number of hydrogen-bond acceptors (Lipinski definition) is 4. The van der Waals surface area contributed by atoms with Gasteiger partial charge in [0.2, 0.25) is 0 Å². The molecule has 1 aromatic rings. The average Bonchev–Trinajstić information content (AvgIpc) is 2.69. The van der Waals surface area contributed by atoms with Gasteiger partial charge in [0.15, 0.2) is 0 Å². The van der Waals surface area contributed by atoms with Crippen molar-refractivity contribution in [2.45, 2.75) is 0 Å². The number of carbonyl (C=O) groups is 2. The summed E-state index contributed by atoms with van der Waals surface area (Å²) in [5, 5.41) is 8.73. The molecule has 7 heteroatoms. The molecule has 0 bridgehead atoms. The molecule has 0 aliphatic rings. The summed E-state index contributed by atoms with van der Waals surface area (Å²) in [6.07, 6.45) is 0. The zero-order valence-corrected chi connectivity index (χ0v) is 10.8. The highest BCUT2D eigenvalue weighted by Crippen LogP contribution is 2.22. The Kier molecular flexibility index (Phi) is 5.40. The number of carboxylic acid groups (broad SMARTS) is 1. The van der Waals surface area contributed by atoms with Crippen molar-refractivity contribution < 1.29 is 19.4 Å². The Morgan fingerprint density at radius 2 is 2.24 bits per heavy atom. The second-order valence-corrected chi connectivity index (χ2v) is 4.93. The fraction of sp³-hybridized carbons (Fsp3) is 0.400. The first kappa shape index (κ1) is 14.0. The van der Waals surface area contributed by atoms with Crippen LogP contribution in [0.4, 0.5) is 0 Å². The van der Waals surface area contributed by atoms with Crippen molar-refractivity contribution in [2.24, 2.45) is 0 Å². The molecular weight excluding hydrogens is 266 g/mol. The Morgan fingerprint density at radius 1 is 1.53 bits per heavy atom. The number of carboxylic acids is 1. The highest BCUT2D eigenvalue weighted by Gasteiger charge is 2.19. The van der Waals surface area contributed by atoms with Gasteiger partial charge >= 0.3 is 5.97 Å². The van der Waals surface area contributed by atoms with Gasteiger partial charge in [-0.1, -0.05) is 11.6 Å². The van der Waals surface area contributed by atoms with Gasteiger partial charge in [0.05, 0.1) is 15.8 Å². The molecule has 0 radical (unpaired) electrons. The lowest BCUT2D eigenvalue weighted by Gasteiger charge is -2.19. The first-order valence-electron chi connectivity index (χ1n) is 4.80. The fourth-order valence-electron chi connectivity index (χ4n) is 1.20. The lowest BCUT2D eigenvalue weighted by atomic mass is 10.3. The number of nitrogens with zero attached hydrogens (tertiary/aromatic N) is 1. The van der Waals surface area contributed by atoms with E-state index >= 15 is 0 Å². The van der Waals surface area contributed by atoms with Crippen molar-refractivity contribution in [3.05, 3.63) is 21.3 Å². The molecule has 1 heterocycles. The predicted molar refractivity (Wildman–Crippen MR) is 64.7 cm³/mol. The first-order chi connectivity index (χ1) is 8.04. The van der Waals surface area contributed by atoms with Crippen molar-refractivity contribution >= 4 is 34.8 Å². The van der Waals surface area contributed by atoms with Crippen molar-refractivity contribution in [3.63, 3.8) is 0 Å². The maximum atomic E-state index is 12.0. The highest BCUT2D eigenvalue weighted by molar-refractivity contribution is 7.17. The van der Waals surface area contributed by atoms with Gasteiger partial charge < -0.3 is 14.7 Å². The van der Waals surface area contributed by atoms with Crippen molar-refractivity contribution in [1.29, 1.82) is 0 Å². The molecule has 0 saturated heterocycles. The number of rotatable bonds is 6. The van der Waals surface area contributed by atoms with Gasteiger partial charge in [-0.2, -0.15) is 0 Å². The lowest BCUT2D eigenvalue weighted by molar-refractivity contribution is -0.137. The van der Waals surface area contributed by atoms with E-state index in [1.807, 2.05) is 0 Å². The Morgan fingerprint density at radius 3 is 2.71 bits per heavy atom. The topological polar surface area (TPSA) is 66.8 Å². The van der Waals surface area contributed by atoms with E-state index in [0.29, 0.717) is 9.21 Å². The zero-order chi connectivity index (χ0) is 12.8. The maximum absolute atomic E-state index is 12.0. The molecule has 0 aliphatic heterocycles. The average molecular weight is 278 g/mol. The van der Waals surface area contributed by atoms with E-state index in [-0.39, 0.29) is 25.6 Å². The number of thiophene rings is 1. The molecule has 1 rings (SSSR count). The molecule has 0 atom stereocenters. The number of halogens is 1. The number of aliphatic carboxylic acids is 1.